The van der Waals surface area contributed by atoms with E-state index in [1.165, 1.54) is 12.1 Å². The van der Waals surface area contributed by atoms with Gasteiger partial charge in [-0.3, -0.25) is 4.90 Å². The number of aliphatic hydroxyl groups is 1. The van der Waals surface area contributed by atoms with Crippen LogP contribution in [-0.4, -0.2) is 36.1 Å². The van der Waals surface area contributed by atoms with Crippen LogP contribution in [0.2, 0.25) is 0 Å². The molecule has 0 aliphatic carbocycles. The van der Waals surface area contributed by atoms with Gasteiger partial charge in [-0.1, -0.05) is 25.1 Å². The molecule has 0 radical (unpaired) electrons. The maximum Gasteiger partial charge on any atom is 0.573 e. The molecule has 1 aromatic carbocycles. The Labute approximate surface area is 110 Å². The Morgan fingerprint density at radius 1 is 1.32 bits per heavy atom. The normalized spacial score (nSPS) is 13.6. The zero-order valence-corrected chi connectivity index (χ0v) is 10.9. The number of nitrogens with zero attached hydrogens (tertiary/aromatic N) is 1. The first-order chi connectivity index (χ1) is 8.81. The van der Waals surface area contributed by atoms with Crippen molar-refractivity contribution in [2.45, 2.75) is 32.4 Å². The number of rotatable bonds is 6. The van der Waals surface area contributed by atoms with Crippen molar-refractivity contribution in [3.8, 4) is 5.75 Å². The summed E-state index contributed by atoms with van der Waals surface area (Å²) in [4.78, 5) is 1.76. The Hall–Kier alpha value is -1.27. The summed E-state index contributed by atoms with van der Waals surface area (Å²) in [5.74, 6) is -0.201. The monoisotopic (exact) mass is 277 g/mol. The van der Waals surface area contributed by atoms with Gasteiger partial charge < -0.3 is 9.84 Å². The number of benzene rings is 1. The molecular weight excluding hydrogens is 259 g/mol. The van der Waals surface area contributed by atoms with Gasteiger partial charge in [0.2, 0.25) is 0 Å². The molecule has 1 N–H and O–H groups in total. The Morgan fingerprint density at radius 3 is 2.53 bits per heavy atom. The van der Waals surface area contributed by atoms with Crippen LogP contribution in [-0.2, 0) is 6.54 Å². The molecule has 19 heavy (non-hydrogen) atoms. The third kappa shape index (κ3) is 5.94. The molecule has 0 aliphatic rings. The molecule has 0 bridgehead atoms. The summed E-state index contributed by atoms with van der Waals surface area (Å²) in [6.45, 7) is 2.53. The van der Waals surface area contributed by atoms with E-state index in [1.54, 1.807) is 24.1 Å². The quantitative estimate of drug-likeness (QED) is 0.868. The minimum absolute atomic E-state index is 0.201. The molecule has 0 amide bonds. The van der Waals surface area contributed by atoms with Crippen molar-refractivity contribution >= 4 is 0 Å². The Morgan fingerprint density at radius 2 is 1.95 bits per heavy atom. The van der Waals surface area contributed by atoms with Gasteiger partial charge in [0.15, 0.2) is 0 Å². The highest BCUT2D eigenvalue weighted by Gasteiger charge is 2.32. The molecule has 3 nitrogen and oxygen atoms in total. The van der Waals surface area contributed by atoms with Gasteiger partial charge in [0.25, 0.3) is 0 Å². The summed E-state index contributed by atoms with van der Waals surface area (Å²) in [6.07, 6.45) is -4.58. The van der Waals surface area contributed by atoms with E-state index in [1.807, 2.05) is 6.92 Å². The Kier molecular flexibility index (Phi) is 5.62. The minimum Gasteiger partial charge on any atom is -0.405 e. The number of likely N-dealkylation sites (N-methyl/N-ethyl adjacent to an activating group) is 1. The summed E-state index contributed by atoms with van der Waals surface area (Å²) >= 11 is 0. The molecule has 0 fully saturated rings. The van der Waals surface area contributed by atoms with Crippen LogP contribution in [0, 0.1) is 0 Å². The number of halogens is 3. The number of alkyl halides is 3. The van der Waals surface area contributed by atoms with Crippen LogP contribution in [0.15, 0.2) is 24.3 Å². The highest BCUT2D eigenvalue weighted by molar-refractivity contribution is 5.33. The van der Waals surface area contributed by atoms with Gasteiger partial charge in [-0.25, -0.2) is 0 Å². The average molecular weight is 277 g/mol. The van der Waals surface area contributed by atoms with E-state index >= 15 is 0 Å². The van der Waals surface area contributed by atoms with E-state index in [9.17, 15) is 18.3 Å². The highest BCUT2D eigenvalue weighted by atomic mass is 19.4. The van der Waals surface area contributed by atoms with Gasteiger partial charge in [-0.05, 0) is 19.5 Å². The molecule has 108 valence electrons. The summed E-state index contributed by atoms with van der Waals surface area (Å²) in [5, 5.41) is 9.51. The van der Waals surface area contributed by atoms with Gasteiger partial charge in [0, 0.05) is 18.7 Å². The number of hydrogen-bond donors (Lipinski definition) is 1. The maximum absolute atomic E-state index is 12.2. The molecule has 0 aliphatic heterocycles. The van der Waals surface area contributed by atoms with E-state index < -0.39 is 12.5 Å². The van der Waals surface area contributed by atoms with Gasteiger partial charge in [-0.2, -0.15) is 0 Å². The van der Waals surface area contributed by atoms with Crippen LogP contribution in [0.1, 0.15) is 18.9 Å². The van der Waals surface area contributed by atoms with E-state index in [4.69, 9.17) is 0 Å². The fourth-order valence-electron chi connectivity index (χ4n) is 1.70. The molecule has 1 aromatic rings. The van der Waals surface area contributed by atoms with E-state index in [0.29, 0.717) is 18.5 Å². The smallest absolute Gasteiger partial charge is 0.405 e. The van der Waals surface area contributed by atoms with Crippen molar-refractivity contribution in [2.24, 2.45) is 0 Å². The molecule has 0 saturated carbocycles. The van der Waals surface area contributed by atoms with Gasteiger partial charge in [-0.15, -0.1) is 13.2 Å². The fourth-order valence-corrected chi connectivity index (χ4v) is 1.70. The lowest BCUT2D eigenvalue weighted by Gasteiger charge is -2.21. The van der Waals surface area contributed by atoms with E-state index in [2.05, 4.69) is 4.74 Å². The van der Waals surface area contributed by atoms with E-state index in [-0.39, 0.29) is 12.3 Å². The molecule has 1 atom stereocenters. The lowest BCUT2D eigenvalue weighted by molar-refractivity contribution is -0.275. The molecule has 0 heterocycles. The van der Waals surface area contributed by atoms with Crippen molar-refractivity contribution in [2.75, 3.05) is 13.6 Å². The van der Waals surface area contributed by atoms with Gasteiger partial charge in [0.1, 0.15) is 5.75 Å². The van der Waals surface area contributed by atoms with Crippen LogP contribution < -0.4 is 4.74 Å². The van der Waals surface area contributed by atoms with Crippen LogP contribution in [0.5, 0.6) is 5.75 Å². The van der Waals surface area contributed by atoms with Crippen molar-refractivity contribution in [1.29, 1.82) is 0 Å². The second-order valence-corrected chi connectivity index (χ2v) is 4.41. The molecule has 0 aromatic heterocycles. The summed E-state index contributed by atoms with van der Waals surface area (Å²) in [6, 6.07) is 6.01. The highest BCUT2D eigenvalue weighted by Crippen LogP contribution is 2.26. The maximum atomic E-state index is 12.2. The van der Waals surface area contributed by atoms with Crippen LogP contribution in [0.25, 0.3) is 0 Å². The number of ether oxygens (including phenoxy) is 1. The van der Waals surface area contributed by atoms with Crippen LogP contribution in [0.3, 0.4) is 0 Å². The van der Waals surface area contributed by atoms with Crippen LogP contribution in [0.4, 0.5) is 13.2 Å². The number of hydrogen-bond acceptors (Lipinski definition) is 3. The van der Waals surface area contributed by atoms with Crippen molar-refractivity contribution in [3.63, 3.8) is 0 Å². The average Bonchev–Trinajstić information content (AvgIpc) is 2.29. The first kappa shape index (κ1) is 15.8. The third-order valence-electron chi connectivity index (χ3n) is 2.63. The fraction of sp³-hybridized carbons (Fsp3) is 0.538. The molecule has 0 spiro atoms. The zero-order valence-electron chi connectivity index (χ0n) is 10.9. The second kappa shape index (κ2) is 6.77. The largest absolute Gasteiger partial charge is 0.573 e. The lowest BCUT2D eigenvalue weighted by Crippen LogP contribution is -2.28. The molecule has 6 heteroatoms. The zero-order chi connectivity index (χ0) is 14.5. The second-order valence-electron chi connectivity index (χ2n) is 4.41. The molecular formula is C13H18F3NO2. The minimum atomic E-state index is -4.70. The molecule has 1 unspecified atom stereocenters. The SMILES string of the molecule is CCC(O)CN(C)Cc1ccccc1OC(F)(F)F. The van der Waals surface area contributed by atoms with Crippen molar-refractivity contribution < 1.29 is 23.0 Å². The predicted molar refractivity (Wildman–Crippen MR) is 65.8 cm³/mol. The van der Waals surface area contributed by atoms with Crippen molar-refractivity contribution in [3.05, 3.63) is 29.8 Å². The third-order valence-corrected chi connectivity index (χ3v) is 2.63. The lowest BCUT2D eigenvalue weighted by atomic mass is 10.2. The topological polar surface area (TPSA) is 32.7 Å². The molecule has 1 rings (SSSR count). The Balaban J connectivity index is 2.72. The first-order valence-corrected chi connectivity index (χ1v) is 6.02. The summed E-state index contributed by atoms with van der Waals surface area (Å²) < 4.78 is 40.7. The van der Waals surface area contributed by atoms with E-state index in [0.717, 1.165) is 0 Å². The van der Waals surface area contributed by atoms with Gasteiger partial charge >= 0.3 is 6.36 Å². The van der Waals surface area contributed by atoms with Gasteiger partial charge in [0.05, 0.1) is 6.10 Å². The van der Waals surface area contributed by atoms with Crippen LogP contribution >= 0.6 is 0 Å². The standard InChI is InChI=1S/C13H18F3NO2/c1-3-11(18)9-17(2)8-10-6-4-5-7-12(10)19-13(14,15)16/h4-7,11,18H,3,8-9H2,1-2H3. The summed E-state index contributed by atoms with van der Waals surface area (Å²) in [5.41, 5.74) is 0.436. The predicted octanol–water partition coefficient (Wildman–Crippen LogP) is 2.79. The first-order valence-electron chi connectivity index (χ1n) is 6.02. The Bertz CT molecular complexity index is 396. The summed E-state index contributed by atoms with van der Waals surface area (Å²) in [7, 11) is 1.74. The van der Waals surface area contributed by atoms with Crippen molar-refractivity contribution in [1.82, 2.24) is 4.90 Å². The molecule has 0 saturated heterocycles. The number of aliphatic hydroxyl groups excluding tert-OH is 1. The number of para-hydroxylation sites is 1.